The van der Waals surface area contributed by atoms with Crippen LogP contribution in [-0.2, 0) is 10.2 Å². The molecule has 5 heteroatoms. The fraction of sp³-hybridized carbons (Fsp3) is 0.333. The van der Waals surface area contributed by atoms with Gasteiger partial charge in [-0.1, -0.05) is 12.5 Å². The van der Waals surface area contributed by atoms with Gasteiger partial charge < -0.3 is 14.6 Å². The van der Waals surface area contributed by atoms with Crippen LogP contribution in [0.5, 0.6) is 5.75 Å². The van der Waals surface area contributed by atoms with Crippen molar-refractivity contribution in [3.63, 3.8) is 0 Å². The quantitative estimate of drug-likeness (QED) is 0.829. The lowest BCUT2D eigenvalue weighted by atomic mass is 9.64. The Bertz CT molecular complexity index is 598. The van der Waals surface area contributed by atoms with Gasteiger partial charge in [-0.2, -0.15) is 0 Å². The van der Waals surface area contributed by atoms with E-state index < -0.39 is 11.4 Å². The zero-order chi connectivity index (χ0) is 12.0. The molecule has 0 radical (unpaired) electrons. The summed E-state index contributed by atoms with van der Waals surface area (Å²) in [4.78, 5) is 15.3. The zero-order valence-corrected chi connectivity index (χ0v) is 9.01. The van der Waals surface area contributed by atoms with Crippen molar-refractivity contribution in [1.29, 1.82) is 0 Å². The number of phenolic OH excluding ortho intramolecular Hbond substituents is 1. The molecule has 1 aromatic heterocycles. The fourth-order valence-corrected chi connectivity index (χ4v) is 2.43. The van der Waals surface area contributed by atoms with Crippen molar-refractivity contribution in [1.82, 2.24) is 4.98 Å². The zero-order valence-electron chi connectivity index (χ0n) is 9.01. The van der Waals surface area contributed by atoms with Crippen molar-refractivity contribution in [2.24, 2.45) is 0 Å². The number of hydrogen-bond acceptors (Lipinski definition) is 4. The number of nitrogens with zero attached hydrogens (tertiary/aromatic N) is 1. The van der Waals surface area contributed by atoms with Gasteiger partial charge in [-0.05, 0) is 18.9 Å². The van der Waals surface area contributed by atoms with Crippen LogP contribution in [0.25, 0.3) is 11.1 Å². The molecule has 0 spiro atoms. The number of phenols is 1. The first kappa shape index (κ1) is 10.1. The van der Waals surface area contributed by atoms with E-state index in [1.165, 1.54) is 6.39 Å². The predicted molar refractivity (Wildman–Crippen MR) is 58.8 cm³/mol. The van der Waals surface area contributed by atoms with E-state index in [-0.39, 0.29) is 11.3 Å². The van der Waals surface area contributed by atoms with Crippen LogP contribution >= 0.6 is 0 Å². The summed E-state index contributed by atoms with van der Waals surface area (Å²) in [5, 5.41) is 19.4. The highest BCUT2D eigenvalue weighted by atomic mass is 16.4. The molecule has 0 aliphatic heterocycles. The van der Waals surface area contributed by atoms with Crippen LogP contribution in [0.1, 0.15) is 24.8 Å². The lowest BCUT2D eigenvalue weighted by Crippen LogP contribution is -2.42. The maximum Gasteiger partial charge on any atom is 0.314 e. The number of aromatic nitrogens is 1. The van der Waals surface area contributed by atoms with Crippen molar-refractivity contribution in [3.05, 3.63) is 24.1 Å². The molecule has 0 amide bonds. The van der Waals surface area contributed by atoms with Crippen molar-refractivity contribution < 1.29 is 19.4 Å². The summed E-state index contributed by atoms with van der Waals surface area (Å²) in [6.45, 7) is 0. The number of oxazole rings is 1. The molecule has 5 nitrogen and oxygen atoms in total. The van der Waals surface area contributed by atoms with Gasteiger partial charge in [0.2, 0.25) is 0 Å². The molecular weight excluding hydrogens is 222 g/mol. The Morgan fingerprint density at radius 1 is 1.41 bits per heavy atom. The molecular formula is C12H11NO4. The molecule has 1 aromatic carbocycles. The average Bonchev–Trinajstić information content (AvgIpc) is 2.67. The first-order valence-electron chi connectivity index (χ1n) is 5.44. The normalized spacial score (nSPS) is 17.9. The van der Waals surface area contributed by atoms with Crippen LogP contribution in [0.2, 0.25) is 0 Å². The Morgan fingerprint density at radius 2 is 2.18 bits per heavy atom. The minimum atomic E-state index is -0.953. The molecule has 3 rings (SSSR count). The van der Waals surface area contributed by atoms with Crippen molar-refractivity contribution in [3.8, 4) is 5.75 Å². The molecule has 1 heterocycles. The minimum Gasteiger partial charge on any atom is -0.504 e. The number of carbonyl (C=O) groups is 1. The van der Waals surface area contributed by atoms with Crippen LogP contribution in [0.15, 0.2) is 22.9 Å². The Hall–Kier alpha value is -2.04. The van der Waals surface area contributed by atoms with E-state index >= 15 is 0 Å². The van der Waals surface area contributed by atoms with Gasteiger partial charge in [0.25, 0.3) is 0 Å². The molecule has 17 heavy (non-hydrogen) atoms. The number of hydrogen-bond donors (Lipinski definition) is 2. The topological polar surface area (TPSA) is 83.6 Å². The number of fused-ring (bicyclic) bond motifs is 1. The van der Waals surface area contributed by atoms with E-state index in [0.717, 1.165) is 6.42 Å². The maximum absolute atomic E-state index is 11.4. The number of carboxylic acid groups (broad SMARTS) is 1. The molecule has 1 aliphatic rings. The number of rotatable bonds is 2. The van der Waals surface area contributed by atoms with E-state index in [1.54, 1.807) is 12.1 Å². The van der Waals surface area contributed by atoms with E-state index in [2.05, 4.69) is 4.98 Å². The standard InChI is InChI=1S/C12H11NO4/c14-9-7(12(11(15)16)4-1-5-12)2-3-8-10(9)17-6-13-8/h2-3,6,14H,1,4-5H2,(H,15,16). The van der Waals surface area contributed by atoms with Crippen LogP contribution in [0.3, 0.4) is 0 Å². The maximum atomic E-state index is 11.4. The van der Waals surface area contributed by atoms with Crippen LogP contribution in [-0.4, -0.2) is 21.2 Å². The third-order valence-electron chi connectivity index (χ3n) is 3.61. The van der Waals surface area contributed by atoms with Crippen molar-refractivity contribution >= 4 is 17.1 Å². The predicted octanol–water partition coefficient (Wildman–Crippen LogP) is 2.04. The molecule has 88 valence electrons. The van der Waals surface area contributed by atoms with E-state index in [4.69, 9.17) is 4.42 Å². The Morgan fingerprint density at radius 3 is 2.76 bits per heavy atom. The van der Waals surface area contributed by atoms with Gasteiger partial charge in [0.1, 0.15) is 5.52 Å². The molecule has 0 unspecified atom stereocenters. The second-order valence-corrected chi connectivity index (χ2v) is 4.40. The first-order valence-corrected chi connectivity index (χ1v) is 5.44. The third-order valence-corrected chi connectivity index (χ3v) is 3.61. The molecule has 1 saturated carbocycles. The van der Waals surface area contributed by atoms with Crippen molar-refractivity contribution in [2.45, 2.75) is 24.7 Å². The smallest absolute Gasteiger partial charge is 0.314 e. The van der Waals surface area contributed by atoms with E-state index in [1.807, 2.05) is 0 Å². The van der Waals surface area contributed by atoms with Crippen LogP contribution < -0.4 is 0 Å². The number of benzene rings is 1. The SMILES string of the molecule is O=C(O)C1(c2ccc3ncoc3c2O)CCC1. The fourth-order valence-electron chi connectivity index (χ4n) is 2.43. The highest BCUT2D eigenvalue weighted by Gasteiger charge is 2.48. The van der Waals surface area contributed by atoms with Gasteiger partial charge in [0, 0.05) is 5.56 Å². The molecule has 2 aromatic rings. The number of aliphatic carboxylic acids is 1. The monoisotopic (exact) mass is 233 g/mol. The summed E-state index contributed by atoms with van der Waals surface area (Å²) >= 11 is 0. The van der Waals surface area contributed by atoms with Crippen LogP contribution in [0, 0.1) is 0 Å². The third kappa shape index (κ3) is 1.19. The average molecular weight is 233 g/mol. The van der Waals surface area contributed by atoms with Gasteiger partial charge in [0.15, 0.2) is 17.7 Å². The van der Waals surface area contributed by atoms with Gasteiger partial charge >= 0.3 is 5.97 Å². The lowest BCUT2D eigenvalue weighted by molar-refractivity contribution is -0.147. The van der Waals surface area contributed by atoms with Crippen LogP contribution in [0.4, 0.5) is 0 Å². The van der Waals surface area contributed by atoms with Gasteiger partial charge in [-0.25, -0.2) is 4.98 Å². The summed E-state index contributed by atoms with van der Waals surface area (Å²) in [6.07, 6.45) is 3.20. The first-order chi connectivity index (χ1) is 8.15. The minimum absolute atomic E-state index is 0.0953. The largest absolute Gasteiger partial charge is 0.504 e. The Labute approximate surface area is 96.7 Å². The molecule has 0 bridgehead atoms. The molecule has 1 fully saturated rings. The summed E-state index contributed by atoms with van der Waals surface area (Å²) in [5.41, 5.74) is 0.270. The summed E-state index contributed by atoms with van der Waals surface area (Å²) in [6, 6.07) is 3.31. The molecule has 2 N–H and O–H groups in total. The summed E-state index contributed by atoms with van der Waals surface area (Å²) in [5.74, 6) is -0.986. The molecule has 1 aliphatic carbocycles. The van der Waals surface area contributed by atoms with Gasteiger partial charge in [-0.15, -0.1) is 0 Å². The summed E-state index contributed by atoms with van der Waals surface area (Å²) < 4.78 is 5.08. The van der Waals surface area contributed by atoms with Crippen molar-refractivity contribution in [2.75, 3.05) is 0 Å². The second kappa shape index (κ2) is 3.23. The van der Waals surface area contributed by atoms with E-state index in [9.17, 15) is 15.0 Å². The highest BCUT2D eigenvalue weighted by Crippen LogP contribution is 2.48. The van der Waals surface area contributed by atoms with Gasteiger partial charge in [-0.3, -0.25) is 4.79 Å². The van der Waals surface area contributed by atoms with Gasteiger partial charge in [0.05, 0.1) is 5.41 Å². The Balaban J connectivity index is 2.23. The number of carboxylic acids is 1. The second-order valence-electron chi connectivity index (χ2n) is 4.40. The lowest BCUT2D eigenvalue weighted by Gasteiger charge is -2.38. The highest BCUT2D eigenvalue weighted by molar-refractivity contribution is 5.88. The molecule has 0 saturated heterocycles. The molecule has 0 atom stereocenters. The van der Waals surface area contributed by atoms with E-state index in [0.29, 0.717) is 23.9 Å². The number of aromatic hydroxyl groups is 1. The summed E-state index contributed by atoms with van der Waals surface area (Å²) in [7, 11) is 0. The Kier molecular flexibility index (Phi) is 1.92.